The monoisotopic (exact) mass is 434 g/mol. The highest BCUT2D eigenvalue weighted by molar-refractivity contribution is 5.89. The van der Waals surface area contributed by atoms with Crippen molar-refractivity contribution in [1.82, 2.24) is 24.7 Å². The molecule has 0 aliphatic carbocycles. The van der Waals surface area contributed by atoms with Gasteiger partial charge in [-0.25, -0.2) is 24.0 Å². The predicted octanol–water partition coefficient (Wildman–Crippen LogP) is 4.61. The first-order chi connectivity index (χ1) is 15.5. The van der Waals surface area contributed by atoms with Gasteiger partial charge < -0.3 is 10.1 Å². The van der Waals surface area contributed by atoms with Crippen molar-refractivity contribution in [2.75, 3.05) is 18.5 Å². The Labute approximate surface area is 186 Å². The molecule has 0 bridgehead atoms. The van der Waals surface area contributed by atoms with Crippen LogP contribution in [0.25, 0.3) is 22.6 Å². The fourth-order valence-electron chi connectivity index (χ4n) is 3.61. The van der Waals surface area contributed by atoms with Gasteiger partial charge in [-0.3, -0.25) is 0 Å². The van der Waals surface area contributed by atoms with E-state index in [9.17, 15) is 4.39 Å². The molecule has 0 fully saturated rings. The highest BCUT2D eigenvalue weighted by Crippen LogP contribution is 2.26. The van der Waals surface area contributed by atoms with E-state index in [1.54, 1.807) is 23.0 Å². The Morgan fingerprint density at radius 3 is 2.81 bits per heavy atom. The number of hydrogen-bond acceptors (Lipinski definition) is 6. The number of aryl methyl sites for hydroxylation is 1. The lowest BCUT2D eigenvalue weighted by Gasteiger charge is -2.12. The van der Waals surface area contributed by atoms with Crippen LogP contribution in [0.4, 0.5) is 10.2 Å². The average Bonchev–Trinajstić information content (AvgIpc) is 3.14. The maximum Gasteiger partial charge on any atom is 0.183 e. The van der Waals surface area contributed by atoms with Crippen LogP contribution in [-0.4, -0.2) is 44.0 Å². The lowest BCUT2D eigenvalue weighted by molar-refractivity contribution is 0.0728. The molecule has 8 heteroatoms. The second kappa shape index (κ2) is 9.82. The molecule has 0 radical (unpaired) electrons. The van der Waals surface area contributed by atoms with E-state index in [2.05, 4.69) is 22.2 Å². The van der Waals surface area contributed by atoms with Crippen molar-refractivity contribution in [3.8, 4) is 11.5 Å². The maximum absolute atomic E-state index is 14.2. The molecule has 1 N–H and O–H groups in total. The van der Waals surface area contributed by atoms with E-state index < -0.39 is 0 Å². The topological polar surface area (TPSA) is 77.8 Å². The van der Waals surface area contributed by atoms with Crippen molar-refractivity contribution in [3.05, 3.63) is 65.7 Å². The molecule has 1 unspecified atom stereocenters. The summed E-state index contributed by atoms with van der Waals surface area (Å²) in [6.07, 6.45) is 2.75. The van der Waals surface area contributed by atoms with Crippen LogP contribution in [0, 0.1) is 12.7 Å². The molecule has 4 aromatic rings. The van der Waals surface area contributed by atoms with E-state index in [1.165, 1.54) is 6.07 Å². The fraction of sp³-hybridized carbons (Fsp3) is 0.333. The van der Waals surface area contributed by atoms with E-state index in [-0.39, 0.29) is 18.5 Å². The number of fused-ring (bicyclic) bond motifs is 1. The number of anilines is 1. The SMILES string of the molecule is CCOC(C)CCNc1cc(C)nc(-c2nn(Cc3ccccc3F)c3ncccc23)n1. The minimum absolute atomic E-state index is 0.180. The molecule has 0 aliphatic heterocycles. The quantitative estimate of drug-likeness (QED) is 0.414. The third-order valence-electron chi connectivity index (χ3n) is 5.16. The van der Waals surface area contributed by atoms with Gasteiger partial charge in [0.2, 0.25) is 0 Å². The number of benzene rings is 1. The van der Waals surface area contributed by atoms with Gasteiger partial charge in [0.05, 0.1) is 18.0 Å². The summed E-state index contributed by atoms with van der Waals surface area (Å²) < 4.78 is 21.5. The molecule has 166 valence electrons. The second-order valence-electron chi connectivity index (χ2n) is 7.67. The van der Waals surface area contributed by atoms with Gasteiger partial charge in [-0.05, 0) is 45.4 Å². The molecule has 3 aromatic heterocycles. The highest BCUT2D eigenvalue weighted by atomic mass is 19.1. The average molecular weight is 435 g/mol. The zero-order valence-electron chi connectivity index (χ0n) is 18.5. The van der Waals surface area contributed by atoms with Gasteiger partial charge in [0.1, 0.15) is 17.3 Å². The number of nitrogens with one attached hydrogen (secondary N) is 1. The number of nitrogens with zero attached hydrogens (tertiary/aromatic N) is 5. The number of ether oxygens (including phenoxy) is 1. The number of aromatic nitrogens is 5. The Morgan fingerprint density at radius 1 is 1.16 bits per heavy atom. The molecular formula is C24H27FN6O. The van der Waals surface area contributed by atoms with Crippen LogP contribution in [-0.2, 0) is 11.3 Å². The number of hydrogen-bond donors (Lipinski definition) is 1. The minimum Gasteiger partial charge on any atom is -0.379 e. The van der Waals surface area contributed by atoms with Gasteiger partial charge in [-0.15, -0.1) is 0 Å². The molecule has 0 saturated heterocycles. The first-order valence-corrected chi connectivity index (χ1v) is 10.8. The molecular weight excluding hydrogens is 407 g/mol. The summed E-state index contributed by atoms with van der Waals surface area (Å²) in [5.74, 6) is 0.973. The van der Waals surface area contributed by atoms with E-state index in [0.717, 1.165) is 29.9 Å². The standard InChI is InChI=1S/C24H27FN6O/c1-4-32-17(3)11-13-26-21-14-16(2)28-23(29-21)22-19-9-7-12-27-24(19)31(30-22)15-18-8-5-6-10-20(18)25/h5-10,12,14,17H,4,11,13,15H2,1-3H3,(H,26,28,29). The van der Waals surface area contributed by atoms with Gasteiger partial charge in [-0.1, -0.05) is 18.2 Å². The largest absolute Gasteiger partial charge is 0.379 e. The summed E-state index contributed by atoms with van der Waals surface area (Å²) >= 11 is 0. The molecule has 32 heavy (non-hydrogen) atoms. The van der Waals surface area contributed by atoms with E-state index in [4.69, 9.17) is 14.8 Å². The summed E-state index contributed by atoms with van der Waals surface area (Å²) in [5, 5.41) is 8.91. The molecule has 0 aliphatic rings. The summed E-state index contributed by atoms with van der Waals surface area (Å²) in [7, 11) is 0. The van der Waals surface area contributed by atoms with E-state index >= 15 is 0 Å². The Balaban J connectivity index is 1.65. The second-order valence-corrected chi connectivity index (χ2v) is 7.67. The number of halogens is 1. The molecule has 1 aromatic carbocycles. The molecule has 1 atom stereocenters. The van der Waals surface area contributed by atoms with Crippen molar-refractivity contribution in [2.45, 2.75) is 39.8 Å². The highest BCUT2D eigenvalue weighted by Gasteiger charge is 2.17. The number of rotatable bonds is 9. The summed E-state index contributed by atoms with van der Waals surface area (Å²) in [6, 6.07) is 12.4. The van der Waals surface area contributed by atoms with Crippen LogP contribution in [0.2, 0.25) is 0 Å². The van der Waals surface area contributed by atoms with Crippen LogP contribution in [0.1, 0.15) is 31.5 Å². The van der Waals surface area contributed by atoms with Crippen LogP contribution in [0.3, 0.4) is 0 Å². The first-order valence-electron chi connectivity index (χ1n) is 10.8. The Kier molecular flexibility index (Phi) is 6.70. The van der Waals surface area contributed by atoms with Crippen LogP contribution >= 0.6 is 0 Å². The molecule has 0 amide bonds. The Bertz CT molecular complexity index is 1210. The van der Waals surface area contributed by atoms with Crippen molar-refractivity contribution in [2.24, 2.45) is 0 Å². The number of pyridine rings is 1. The van der Waals surface area contributed by atoms with Gasteiger partial charge in [0, 0.05) is 36.7 Å². The summed E-state index contributed by atoms with van der Waals surface area (Å²) in [5.41, 5.74) is 2.66. The van der Waals surface area contributed by atoms with Gasteiger partial charge in [-0.2, -0.15) is 5.10 Å². The van der Waals surface area contributed by atoms with Crippen molar-refractivity contribution >= 4 is 16.9 Å². The summed E-state index contributed by atoms with van der Waals surface area (Å²) in [6.45, 7) is 7.69. The summed E-state index contributed by atoms with van der Waals surface area (Å²) in [4.78, 5) is 13.8. The van der Waals surface area contributed by atoms with Crippen molar-refractivity contribution in [1.29, 1.82) is 0 Å². The first kappa shape index (κ1) is 21.8. The molecule has 7 nitrogen and oxygen atoms in total. The van der Waals surface area contributed by atoms with Gasteiger partial charge >= 0.3 is 0 Å². The molecule has 4 rings (SSSR count). The minimum atomic E-state index is -0.270. The molecule has 3 heterocycles. The fourth-order valence-corrected chi connectivity index (χ4v) is 3.61. The lowest BCUT2D eigenvalue weighted by Crippen LogP contribution is -2.14. The normalized spacial score (nSPS) is 12.2. The van der Waals surface area contributed by atoms with E-state index in [0.29, 0.717) is 29.3 Å². The molecule has 0 spiro atoms. The smallest absolute Gasteiger partial charge is 0.183 e. The third-order valence-corrected chi connectivity index (χ3v) is 5.16. The Morgan fingerprint density at radius 2 is 2.00 bits per heavy atom. The van der Waals surface area contributed by atoms with Gasteiger partial charge in [0.15, 0.2) is 11.5 Å². The third kappa shape index (κ3) is 4.91. The van der Waals surface area contributed by atoms with E-state index in [1.807, 2.05) is 38.1 Å². The van der Waals surface area contributed by atoms with Crippen molar-refractivity contribution in [3.63, 3.8) is 0 Å². The molecule has 0 saturated carbocycles. The lowest BCUT2D eigenvalue weighted by atomic mass is 10.2. The van der Waals surface area contributed by atoms with Gasteiger partial charge in [0.25, 0.3) is 0 Å². The van der Waals surface area contributed by atoms with Crippen LogP contribution in [0.15, 0.2) is 48.7 Å². The van der Waals surface area contributed by atoms with Crippen molar-refractivity contribution < 1.29 is 9.13 Å². The van der Waals surface area contributed by atoms with Crippen LogP contribution < -0.4 is 5.32 Å². The zero-order valence-corrected chi connectivity index (χ0v) is 18.5. The maximum atomic E-state index is 14.2. The van der Waals surface area contributed by atoms with Crippen LogP contribution in [0.5, 0.6) is 0 Å². The zero-order chi connectivity index (χ0) is 22.5. The Hall–Kier alpha value is -3.39. The predicted molar refractivity (Wildman–Crippen MR) is 123 cm³/mol.